The monoisotopic (exact) mass is 185 g/mol. The Bertz CT molecular complexity index is 207. The largest absolute Gasteiger partial charge is 0.295 e. The molecule has 0 saturated heterocycles. The Kier molecular flexibility index (Phi) is 5.54. The predicted octanol–water partition coefficient (Wildman–Crippen LogP) is 2.42. The Morgan fingerprint density at radius 3 is 2.42 bits per heavy atom. The van der Waals surface area contributed by atoms with E-state index in [2.05, 4.69) is 12.6 Å². The van der Waals surface area contributed by atoms with Gasteiger partial charge in [0.2, 0.25) is 5.12 Å². The molecule has 3 heteroatoms. The number of carbonyl (C=O) groups is 2. The number of hydrogen-bond acceptors (Lipinski definition) is 2. The van der Waals surface area contributed by atoms with Crippen molar-refractivity contribution in [1.82, 2.24) is 0 Å². The van der Waals surface area contributed by atoms with Gasteiger partial charge < -0.3 is 0 Å². The van der Waals surface area contributed by atoms with Crippen molar-refractivity contribution in [3.05, 3.63) is 11.6 Å². The van der Waals surface area contributed by atoms with E-state index in [9.17, 15) is 9.59 Å². The molecule has 0 spiro atoms. The molecule has 2 nitrogen and oxygen atoms in total. The molecule has 0 heterocycles. The lowest BCUT2D eigenvalue weighted by molar-refractivity contribution is -0.115. The average molecular weight is 185 g/mol. The van der Waals surface area contributed by atoms with E-state index in [0.29, 0.717) is 12.0 Å². The fraction of sp³-hybridized carbons (Fsp3) is 0.556. The second kappa shape index (κ2) is 5.89. The van der Waals surface area contributed by atoms with Gasteiger partial charge in [0.1, 0.15) is 0 Å². The van der Waals surface area contributed by atoms with Gasteiger partial charge in [-0.1, -0.05) is 13.3 Å². The second-order valence-corrected chi connectivity index (χ2v) is 3.06. The summed E-state index contributed by atoms with van der Waals surface area (Å²) in [4.78, 5) is 21.6. The zero-order chi connectivity index (χ0) is 9.56. The highest BCUT2D eigenvalue weighted by atomic mass is 32.1. The van der Waals surface area contributed by atoms with Crippen LogP contribution in [0.15, 0.2) is 11.6 Å². The molecule has 0 amide bonds. The van der Waals surface area contributed by atoms with Crippen LogP contribution in [0.2, 0.25) is 0 Å². The van der Waals surface area contributed by atoms with Crippen molar-refractivity contribution in [3.63, 3.8) is 0 Å². The molecular weight excluding hydrogens is 172 g/mol. The van der Waals surface area contributed by atoms with Gasteiger partial charge in [0.05, 0.1) is 0 Å². The summed E-state index contributed by atoms with van der Waals surface area (Å²) in [5.74, 6) is -0.00690. The summed E-state index contributed by atoms with van der Waals surface area (Å²) in [5.41, 5.74) is 0.367. The molecule has 67 valence electrons. The summed E-state index contributed by atoms with van der Waals surface area (Å²) in [6.45, 7) is 3.58. The molecule has 0 bridgehead atoms. The molecule has 0 aromatic heterocycles. The molecule has 0 aromatic rings. The van der Waals surface area contributed by atoms with Gasteiger partial charge in [-0.15, -0.1) is 0 Å². The molecule has 0 aliphatic rings. The van der Waals surface area contributed by atoms with Crippen LogP contribution in [0.3, 0.4) is 0 Å². The van der Waals surface area contributed by atoms with Crippen LogP contribution >= 0.6 is 12.6 Å². The van der Waals surface area contributed by atoms with Crippen molar-refractivity contribution < 1.29 is 9.59 Å². The summed E-state index contributed by atoms with van der Waals surface area (Å²) >= 11 is 4.37. The topological polar surface area (TPSA) is 34.1 Å². The molecule has 1 radical (unpaired) electrons. The highest BCUT2D eigenvalue weighted by Crippen LogP contribution is 2.02. The first-order valence-corrected chi connectivity index (χ1v) is 4.41. The summed E-state index contributed by atoms with van der Waals surface area (Å²) in [6, 6.07) is 0. The van der Waals surface area contributed by atoms with Crippen molar-refractivity contribution in [2.75, 3.05) is 0 Å². The maximum Gasteiger partial charge on any atom is 0.245 e. The van der Waals surface area contributed by atoms with E-state index in [1.165, 1.54) is 6.08 Å². The van der Waals surface area contributed by atoms with Gasteiger partial charge in [-0.05, 0) is 32.0 Å². The first kappa shape index (κ1) is 11.3. The van der Waals surface area contributed by atoms with Crippen molar-refractivity contribution >= 4 is 23.5 Å². The van der Waals surface area contributed by atoms with Crippen LogP contribution in [-0.4, -0.2) is 10.9 Å². The number of rotatable bonds is 5. The summed E-state index contributed by atoms with van der Waals surface area (Å²) in [7, 11) is 0. The molecular formula is C9H13O2S. The SMILES string of the molecule is CCCCC(=O)C=C(C)C(=O)[S]. The molecule has 12 heavy (non-hydrogen) atoms. The van der Waals surface area contributed by atoms with Gasteiger partial charge >= 0.3 is 0 Å². The van der Waals surface area contributed by atoms with Crippen LogP contribution < -0.4 is 0 Å². The van der Waals surface area contributed by atoms with Gasteiger partial charge in [0.25, 0.3) is 0 Å². The van der Waals surface area contributed by atoms with Crippen LogP contribution in [0.1, 0.15) is 33.1 Å². The third kappa shape index (κ3) is 5.02. The predicted molar refractivity (Wildman–Crippen MR) is 50.9 cm³/mol. The van der Waals surface area contributed by atoms with Gasteiger partial charge in [-0.25, -0.2) is 0 Å². The number of unbranched alkanes of at least 4 members (excludes halogenated alkanes) is 1. The highest BCUT2D eigenvalue weighted by molar-refractivity contribution is 7.97. The normalized spacial score (nSPS) is 11.3. The van der Waals surface area contributed by atoms with Crippen molar-refractivity contribution in [2.45, 2.75) is 33.1 Å². The lowest BCUT2D eigenvalue weighted by Crippen LogP contribution is -1.97. The van der Waals surface area contributed by atoms with Gasteiger partial charge in [0.15, 0.2) is 5.78 Å². The van der Waals surface area contributed by atoms with E-state index in [1.807, 2.05) is 6.92 Å². The maximum atomic E-state index is 11.0. The van der Waals surface area contributed by atoms with Gasteiger partial charge in [-0.3, -0.25) is 9.59 Å². The summed E-state index contributed by atoms with van der Waals surface area (Å²) in [6.07, 6.45) is 3.70. The minimum Gasteiger partial charge on any atom is -0.295 e. The van der Waals surface area contributed by atoms with E-state index in [4.69, 9.17) is 0 Å². The number of hydrogen-bond donors (Lipinski definition) is 0. The number of carbonyl (C=O) groups excluding carboxylic acids is 2. The standard InChI is InChI=1S/C9H13O2S/c1-3-4-5-8(10)6-7(2)9(11)12/h6H,3-5H2,1-2H3. The first-order chi connectivity index (χ1) is 5.57. The molecule has 0 N–H and O–H groups in total. The fourth-order valence-corrected chi connectivity index (χ4v) is 0.783. The quantitative estimate of drug-likeness (QED) is 0.616. The van der Waals surface area contributed by atoms with Gasteiger partial charge in [-0.2, -0.15) is 0 Å². The Morgan fingerprint density at radius 1 is 1.42 bits per heavy atom. The molecule has 0 aliphatic heterocycles. The van der Waals surface area contributed by atoms with Crippen LogP contribution in [0.5, 0.6) is 0 Å². The highest BCUT2D eigenvalue weighted by Gasteiger charge is 2.02. The number of ketones is 1. The lowest BCUT2D eigenvalue weighted by Gasteiger charge is -1.93. The fourth-order valence-electron chi connectivity index (χ4n) is 0.724. The zero-order valence-electron chi connectivity index (χ0n) is 7.42. The first-order valence-electron chi connectivity index (χ1n) is 4.00. The van der Waals surface area contributed by atoms with E-state index in [-0.39, 0.29) is 5.78 Å². The van der Waals surface area contributed by atoms with Crippen LogP contribution in [0.4, 0.5) is 0 Å². The summed E-state index contributed by atoms with van der Waals surface area (Å²) < 4.78 is 0. The molecule has 0 atom stereocenters. The van der Waals surface area contributed by atoms with Crippen LogP contribution in [0.25, 0.3) is 0 Å². The Hall–Kier alpha value is -0.700. The molecule has 0 saturated carbocycles. The Balaban J connectivity index is 3.97. The van der Waals surface area contributed by atoms with E-state index < -0.39 is 5.12 Å². The minimum atomic E-state index is -0.445. The van der Waals surface area contributed by atoms with E-state index in [1.54, 1.807) is 6.92 Å². The second-order valence-electron chi connectivity index (χ2n) is 2.68. The zero-order valence-corrected chi connectivity index (χ0v) is 8.24. The lowest BCUT2D eigenvalue weighted by atomic mass is 10.1. The van der Waals surface area contributed by atoms with Crippen molar-refractivity contribution in [3.8, 4) is 0 Å². The maximum absolute atomic E-state index is 11.0. The average Bonchev–Trinajstić information content (AvgIpc) is 2.00. The molecule has 0 aliphatic carbocycles. The Morgan fingerprint density at radius 2 is 2.00 bits per heavy atom. The third-order valence-corrected chi connectivity index (χ3v) is 1.80. The smallest absolute Gasteiger partial charge is 0.245 e. The summed E-state index contributed by atoms with van der Waals surface area (Å²) in [5, 5.41) is -0.445. The molecule has 0 aromatic carbocycles. The molecule has 0 rings (SSSR count). The Labute approximate surface area is 78.4 Å². The van der Waals surface area contributed by atoms with Crippen molar-refractivity contribution in [1.29, 1.82) is 0 Å². The van der Waals surface area contributed by atoms with E-state index >= 15 is 0 Å². The minimum absolute atomic E-state index is 0.00690. The molecule has 0 unspecified atom stereocenters. The van der Waals surface area contributed by atoms with E-state index in [0.717, 1.165) is 12.8 Å². The number of allylic oxidation sites excluding steroid dienone is 1. The van der Waals surface area contributed by atoms with Gasteiger partial charge in [0, 0.05) is 12.0 Å². The molecule has 0 fully saturated rings. The third-order valence-electron chi connectivity index (χ3n) is 1.48. The van der Waals surface area contributed by atoms with Crippen LogP contribution in [0, 0.1) is 0 Å². The van der Waals surface area contributed by atoms with Crippen LogP contribution in [-0.2, 0) is 9.59 Å². The van der Waals surface area contributed by atoms with Crippen molar-refractivity contribution in [2.24, 2.45) is 0 Å².